The Morgan fingerprint density at radius 1 is 1.23 bits per heavy atom. The predicted octanol–water partition coefficient (Wildman–Crippen LogP) is 3.29. The number of ketones is 1. The first kappa shape index (κ1) is 16.5. The monoisotopic (exact) mass is 320 g/mol. The predicted molar refractivity (Wildman–Crippen MR) is 84.4 cm³/mol. The van der Waals surface area contributed by atoms with Gasteiger partial charge >= 0.3 is 0 Å². The van der Waals surface area contributed by atoms with Gasteiger partial charge in [0.2, 0.25) is 0 Å². The lowest BCUT2D eigenvalue weighted by Gasteiger charge is -2.17. The van der Waals surface area contributed by atoms with Gasteiger partial charge in [-0.1, -0.05) is 23.7 Å². The molecular formula is C17H17ClO4. The van der Waals surface area contributed by atoms with E-state index in [0.717, 1.165) is 5.56 Å². The second-order valence-electron chi connectivity index (χ2n) is 4.97. The van der Waals surface area contributed by atoms with E-state index in [1.807, 2.05) is 0 Å². The van der Waals surface area contributed by atoms with Crippen LogP contribution in [0.1, 0.15) is 27.4 Å². The van der Waals surface area contributed by atoms with Gasteiger partial charge in [0.1, 0.15) is 12.5 Å². The lowest BCUT2D eigenvalue weighted by Crippen LogP contribution is -2.20. The van der Waals surface area contributed by atoms with Crippen LogP contribution in [0.25, 0.3) is 0 Å². The summed E-state index contributed by atoms with van der Waals surface area (Å²) >= 11 is 5.88. The molecule has 5 heteroatoms. The molecule has 0 aliphatic carbocycles. The molecule has 116 valence electrons. The Balaban J connectivity index is 2.35. The number of aromatic hydroxyl groups is 1. The summed E-state index contributed by atoms with van der Waals surface area (Å²) in [4.78, 5) is 12.8. The van der Waals surface area contributed by atoms with E-state index in [0.29, 0.717) is 16.1 Å². The first-order chi connectivity index (χ1) is 10.5. The summed E-state index contributed by atoms with van der Waals surface area (Å²) in [6, 6.07) is 11.6. The van der Waals surface area contributed by atoms with Crippen molar-refractivity contribution in [2.24, 2.45) is 0 Å². The van der Waals surface area contributed by atoms with Crippen LogP contribution in [0.15, 0.2) is 42.5 Å². The third kappa shape index (κ3) is 3.85. The van der Waals surface area contributed by atoms with Gasteiger partial charge in [0.25, 0.3) is 0 Å². The van der Waals surface area contributed by atoms with Crippen LogP contribution in [-0.4, -0.2) is 29.4 Å². The van der Waals surface area contributed by atoms with Gasteiger partial charge in [-0.25, -0.2) is 0 Å². The number of aryl methyl sites for hydroxylation is 1. The number of aliphatic hydroxyl groups excluding tert-OH is 1. The number of halogens is 1. The Morgan fingerprint density at radius 3 is 2.50 bits per heavy atom. The van der Waals surface area contributed by atoms with Crippen molar-refractivity contribution in [3.8, 4) is 5.75 Å². The van der Waals surface area contributed by atoms with Gasteiger partial charge in [-0.2, -0.15) is 0 Å². The molecule has 2 aromatic rings. The summed E-state index contributed by atoms with van der Waals surface area (Å²) in [5.41, 5.74) is 1.96. The molecule has 22 heavy (non-hydrogen) atoms. The smallest absolute Gasteiger partial charge is 0.172 e. The van der Waals surface area contributed by atoms with Crippen molar-refractivity contribution in [3.05, 3.63) is 64.2 Å². The Labute approximate surface area is 133 Å². The first-order valence-electron chi connectivity index (χ1n) is 6.81. The Kier molecular flexibility index (Phi) is 5.55. The molecule has 0 aromatic heterocycles. The summed E-state index contributed by atoms with van der Waals surface area (Å²) < 4.78 is 5.04. The van der Waals surface area contributed by atoms with E-state index in [9.17, 15) is 9.90 Å². The summed E-state index contributed by atoms with van der Waals surface area (Å²) in [5.74, 6) is -0.565. The first-order valence-corrected chi connectivity index (χ1v) is 7.18. The molecule has 2 N–H and O–H groups in total. The zero-order valence-electron chi connectivity index (χ0n) is 12.1. The number of rotatable bonds is 6. The number of phenolic OH excluding ortho intramolecular Hbond substituents is 1. The van der Waals surface area contributed by atoms with Crippen molar-refractivity contribution < 1.29 is 19.7 Å². The molecule has 0 fully saturated rings. The molecule has 0 saturated carbocycles. The molecule has 0 radical (unpaired) electrons. The highest BCUT2D eigenvalue weighted by atomic mass is 35.5. The lowest BCUT2D eigenvalue weighted by molar-refractivity contribution is -0.00608. The molecule has 0 amide bonds. The molecule has 0 spiro atoms. The van der Waals surface area contributed by atoms with Crippen molar-refractivity contribution in [1.29, 1.82) is 0 Å². The second kappa shape index (κ2) is 7.40. The standard InChI is InChI=1S/C17H17ClO4/c1-11-8-14(20)6-7-15(11)17(21)16(9-22-10-19)12-2-4-13(18)5-3-12/h2-8,16,19-20H,9-10H2,1H3. The molecule has 0 heterocycles. The second-order valence-corrected chi connectivity index (χ2v) is 5.40. The number of phenols is 1. The molecule has 4 nitrogen and oxygen atoms in total. The van der Waals surface area contributed by atoms with Gasteiger partial charge in [0.05, 0.1) is 12.5 Å². The molecule has 2 aromatic carbocycles. The fourth-order valence-electron chi connectivity index (χ4n) is 2.30. The molecule has 1 unspecified atom stereocenters. The fraction of sp³-hybridized carbons (Fsp3) is 0.235. The van der Waals surface area contributed by atoms with E-state index in [2.05, 4.69) is 0 Å². The minimum Gasteiger partial charge on any atom is -0.508 e. The minimum absolute atomic E-state index is 0.0667. The third-order valence-electron chi connectivity index (χ3n) is 3.44. The SMILES string of the molecule is Cc1cc(O)ccc1C(=O)C(COCO)c1ccc(Cl)cc1. The minimum atomic E-state index is -0.548. The number of ether oxygens (including phenoxy) is 1. The highest BCUT2D eigenvalue weighted by Gasteiger charge is 2.23. The Hall–Kier alpha value is -1.88. The Morgan fingerprint density at radius 2 is 1.91 bits per heavy atom. The average molecular weight is 321 g/mol. The average Bonchev–Trinajstić information content (AvgIpc) is 2.49. The topological polar surface area (TPSA) is 66.8 Å². The number of aliphatic hydroxyl groups is 1. The van der Waals surface area contributed by atoms with Crippen LogP contribution in [0.3, 0.4) is 0 Å². The molecule has 0 bridgehead atoms. The largest absolute Gasteiger partial charge is 0.508 e. The normalized spacial score (nSPS) is 12.1. The maximum atomic E-state index is 12.8. The van der Waals surface area contributed by atoms with E-state index in [-0.39, 0.29) is 18.1 Å². The number of hydrogen-bond acceptors (Lipinski definition) is 4. The van der Waals surface area contributed by atoms with Crippen molar-refractivity contribution in [2.45, 2.75) is 12.8 Å². The van der Waals surface area contributed by atoms with Gasteiger partial charge in [-0.05, 0) is 48.4 Å². The molecule has 0 saturated heterocycles. The van der Waals surface area contributed by atoms with E-state index in [1.165, 1.54) is 6.07 Å². The van der Waals surface area contributed by atoms with Crippen molar-refractivity contribution >= 4 is 17.4 Å². The quantitative estimate of drug-likeness (QED) is 0.633. The highest BCUT2D eigenvalue weighted by molar-refractivity contribution is 6.30. The number of Topliss-reactive ketones (excluding diaryl/α,β-unsaturated/α-hetero) is 1. The molecule has 2 rings (SSSR count). The van der Waals surface area contributed by atoms with E-state index >= 15 is 0 Å². The van der Waals surface area contributed by atoms with Crippen molar-refractivity contribution in [3.63, 3.8) is 0 Å². The molecular weight excluding hydrogens is 304 g/mol. The third-order valence-corrected chi connectivity index (χ3v) is 3.69. The van der Waals surface area contributed by atoms with Crippen LogP contribution in [0.4, 0.5) is 0 Å². The zero-order valence-corrected chi connectivity index (χ0v) is 12.9. The maximum Gasteiger partial charge on any atom is 0.172 e. The highest BCUT2D eigenvalue weighted by Crippen LogP contribution is 2.26. The van der Waals surface area contributed by atoms with Gasteiger partial charge in [-0.15, -0.1) is 0 Å². The number of benzene rings is 2. The van der Waals surface area contributed by atoms with Gasteiger partial charge in [0, 0.05) is 10.6 Å². The van der Waals surface area contributed by atoms with Crippen molar-refractivity contribution in [2.75, 3.05) is 13.4 Å². The van der Waals surface area contributed by atoms with Crippen LogP contribution in [0.5, 0.6) is 5.75 Å². The molecule has 0 aliphatic heterocycles. The lowest BCUT2D eigenvalue weighted by atomic mass is 9.89. The van der Waals surface area contributed by atoms with Crippen LogP contribution in [0, 0.1) is 6.92 Å². The van der Waals surface area contributed by atoms with Gasteiger partial charge in [-0.3, -0.25) is 4.79 Å². The Bertz CT molecular complexity index is 652. The van der Waals surface area contributed by atoms with E-state index in [1.54, 1.807) is 43.3 Å². The van der Waals surface area contributed by atoms with Crippen LogP contribution in [0.2, 0.25) is 5.02 Å². The van der Waals surface area contributed by atoms with Gasteiger partial charge < -0.3 is 14.9 Å². The van der Waals surface area contributed by atoms with Crippen LogP contribution < -0.4 is 0 Å². The zero-order chi connectivity index (χ0) is 16.1. The molecule has 1 atom stereocenters. The van der Waals surface area contributed by atoms with Crippen molar-refractivity contribution in [1.82, 2.24) is 0 Å². The number of hydrogen-bond donors (Lipinski definition) is 2. The van der Waals surface area contributed by atoms with E-state index in [4.69, 9.17) is 21.4 Å². The van der Waals surface area contributed by atoms with Crippen LogP contribution >= 0.6 is 11.6 Å². The number of carbonyl (C=O) groups is 1. The van der Waals surface area contributed by atoms with E-state index < -0.39 is 12.7 Å². The summed E-state index contributed by atoms with van der Waals surface area (Å²) in [6.07, 6.45) is 0. The summed E-state index contributed by atoms with van der Waals surface area (Å²) in [6.45, 7) is 1.38. The molecule has 0 aliphatic rings. The maximum absolute atomic E-state index is 12.8. The fourth-order valence-corrected chi connectivity index (χ4v) is 2.43. The van der Waals surface area contributed by atoms with Gasteiger partial charge in [0.15, 0.2) is 5.78 Å². The van der Waals surface area contributed by atoms with Crippen LogP contribution in [-0.2, 0) is 4.74 Å². The number of carbonyl (C=O) groups excluding carboxylic acids is 1. The summed E-state index contributed by atoms with van der Waals surface area (Å²) in [7, 11) is 0. The summed E-state index contributed by atoms with van der Waals surface area (Å²) in [5, 5.41) is 18.9.